The van der Waals surface area contributed by atoms with Gasteiger partial charge in [0.15, 0.2) is 0 Å². The van der Waals surface area contributed by atoms with Crippen LogP contribution in [-0.2, 0) is 14.8 Å². The Balaban J connectivity index is 2.05. The Kier molecular flexibility index (Phi) is 3.41. The zero-order valence-corrected chi connectivity index (χ0v) is 12.9. The number of fused-ring (bicyclic) bond motifs is 1. The summed E-state index contributed by atoms with van der Waals surface area (Å²) in [4.78, 5) is 14.9. The van der Waals surface area contributed by atoms with Crippen molar-refractivity contribution in [2.45, 2.75) is 36.6 Å². The molecule has 1 aliphatic rings. The van der Waals surface area contributed by atoms with Crippen LogP contribution in [0.15, 0.2) is 21.7 Å². The van der Waals surface area contributed by atoms with Crippen molar-refractivity contribution < 1.29 is 22.8 Å². The fourth-order valence-electron chi connectivity index (χ4n) is 2.15. The standard InChI is InChI=1S/C13H15N3O5S/c1-7(13(17)18)16(2)22(19,20)9-5-10-11(8-3-4-8)15-21-12(10)14-6-9/h5-8H,3-4H2,1-2H3,(H,17,18). The van der Waals surface area contributed by atoms with Crippen molar-refractivity contribution in [2.75, 3.05) is 7.05 Å². The molecule has 1 saturated carbocycles. The maximum absolute atomic E-state index is 12.5. The van der Waals surface area contributed by atoms with Gasteiger partial charge in [0.2, 0.25) is 10.0 Å². The van der Waals surface area contributed by atoms with Gasteiger partial charge in [-0.2, -0.15) is 4.31 Å². The molecule has 1 unspecified atom stereocenters. The number of rotatable bonds is 5. The number of aromatic nitrogens is 2. The summed E-state index contributed by atoms with van der Waals surface area (Å²) in [6, 6.07) is 0.276. The van der Waals surface area contributed by atoms with Gasteiger partial charge >= 0.3 is 5.97 Å². The fraction of sp³-hybridized carbons (Fsp3) is 0.462. The zero-order valence-electron chi connectivity index (χ0n) is 12.1. The summed E-state index contributed by atoms with van der Waals surface area (Å²) < 4.78 is 30.9. The quantitative estimate of drug-likeness (QED) is 0.878. The van der Waals surface area contributed by atoms with E-state index in [0.29, 0.717) is 11.1 Å². The first-order chi connectivity index (χ1) is 10.3. The number of hydrogen-bond donors (Lipinski definition) is 1. The molecule has 0 aliphatic heterocycles. The van der Waals surface area contributed by atoms with Crippen LogP contribution in [0.5, 0.6) is 0 Å². The Bertz CT molecular complexity index is 840. The molecule has 2 heterocycles. The number of aliphatic carboxylic acids is 1. The summed E-state index contributed by atoms with van der Waals surface area (Å²) in [5.74, 6) is -0.930. The van der Waals surface area contributed by atoms with E-state index < -0.39 is 22.0 Å². The average molecular weight is 325 g/mol. The average Bonchev–Trinajstić information content (AvgIpc) is 3.24. The molecule has 9 heteroatoms. The molecule has 22 heavy (non-hydrogen) atoms. The van der Waals surface area contributed by atoms with E-state index in [1.165, 1.54) is 20.0 Å². The van der Waals surface area contributed by atoms with Gasteiger partial charge in [-0.15, -0.1) is 0 Å². The molecule has 118 valence electrons. The Morgan fingerprint density at radius 3 is 2.77 bits per heavy atom. The first kappa shape index (κ1) is 14.9. The minimum atomic E-state index is -3.95. The second-order valence-corrected chi connectivity index (χ2v) is 7.40. The summed E-state index contributed by atoms with van der Waals surface area (Å²) in [6.07, 6.45) is 3.15. The van der Waals surface area contributed by atoms with Gasteiger partial charge < -0.3 is 9.63 Å². The number of nitrogens with zero attached hydrogens (tertiary/aromatic N) is 3. The van der Waals surface area contributed by atoms with Crippen molar-refractivity contribution in [3.05, 3.63) is 18.0 Å². The lowest BCUT2D eigenvalue weighted by Crippen LogP contribution is -2.40. The summed E-state index contributed by atoms with van der Waals surface area (Å²) in [5.41, 5.74) is 1.00. The largest absolute Gasteiger partial charge is 0.480 e. The molecule has 3 rings (SSSR count). The number of sulfonamides is 1. The van der Waals surface area contributed by atoms with Gasteiger partial charge in [0.05, 0.1) is 17.3 Å². The predicted octanol–water partition coefficient (Wildman–Crippen LogP) is 1.19. The first-order valence-electron chi connectivity index (χ1n) is 6.78. The smallest absolute Gasteiger partial charge is 0.321 e. The van der Waals surface area contributed by atoms with Crippen LogP contribution in [0.2, 0.25) is 0 Å². The van der Waals surface area contributed by atoms with Crippen molar-refractivity contribution in [1.29, 1.82) is 0 Å². The molecule has 0 saturated heterocycles. The van der Waals surface area contributed by atoms with E-state index in [4.69, 9.17) is 9.63 Å². The SMILES string of the molecule is CC(C(=O)O)N(C)S(=O)(=O)c1cnc2onc(C3CC3)c2c1. The fourth-order valence-corrected chi connectivity index (χ4v) is 3.44. The van der Waals surface area contributed by atoms with Crippen LogP contribution in [0.25, 0.3) is 11.1 Å². The molecule has 0 spiro atoms. The number of carbonyl (C=O) groups is 1. The summed E-state index contributed by atoms with van der Waals surface area (Å²) in [6.45, 7) is 1.31. The molecule has 1 atom stereocenters. The monoisotopic (exact) mass is 325 g/mol. The van der Waals surface area contributed by atoms with Gasteiger partial charge in [0, 0.05) is 13.0 Å². The van der Waals surface area contributed by atoms with E-state index in [1.54, 1.807) is 0 Å². The Hall–Kier alpha value is -2.00. The number of carboxylic acids is 1. The lowest BCUT2D eigenvalue weighted by Gasteiger charge is -2.20. The second kappa shape index (κ2) is 5.03. The third kappa shape index (κ3) is 2.35. The van der Waals surface area contributed by atoms with Gasteiger partial charge in [-0.3, -0.25) is 4.79 Å². The Morgan fingerprint density at radius 2 is 2.18 bits per heavy atom. The Morgan fingerprint density at radius 1 is 1.50 bits per heavy atom. The highest BCUT2D eigenvalue weighted by Crippen LogP contribution is 2.42. The number of likely N-dealkylation sites (N-methyl/N-ethyl adjacent to an activating group) is 1. The van der Waals surface area contributed by atoms with Gasteiger partial charge in [0.1, 0.15) is 10.9 Å². The van der Waals surface area contributed by atoms with Gasteiger partial charge in [-0.25, -0.2) is 13.4 Å². The Labute approximate surface area is 126 Å². The van der Waals surface area contributed by atoms with E-state index in [1.807, 2.05) is 0 Å². The van der Waals surface area contributed by atoms with Gasteiger partial charge in [-0.1, -0.05) is 5.16 Å². The normalized spacial score (nSPS) is 17.0. The zero-order chi connectivity index (χ0) is 16.1. The van der Waals surface area contributed by atoms with Crippen LogP contribution in [0.4, 0.5) is 0 Å². The first-order valence-corrected chi connectivity index (χ1v) is 8.22. The van der Waals surface area contributed by atoms with Crippen LogP contribution >= 0.6 is 0 Å². The van der Waals surface area contributed by atoms with Crippen LogP contribution < -0.4 is 0 Å². The number of pyridine rings is 1. The van der Waals surface area contributed by atoms with Crippen molar-refractivity contribution in [3.8, 4) is 0 Å². The molecule has 8 nitrogen and oxygen atoms in total. The van der Waals surface area contributed by atoms with Crippen molar-refractivity contribution in [1.82, 2.24) is 14.4 Å². The molecular formula is C13H15N3O5S. The predicted molar refractivity (Wildman–Crippen MR) is 75.8 cm³/mol. The van der Waals surface area contributed by atoms with E-state index in [9.17, 15) is 13.2 Å². The van der Waals surface area contributed by atoms with Crippen LogP contribution in [0, 0.1) is 0 Å². The second-order valence-electron chi connectivity index (χ2n) is 5.40. The lowest BCUT2D eigenvalue weighted by molar-refractivity contribution is -0.140. The molecule has 2 aromatic rings. The highest BCUT2D eigenvalue weighted by atomic mass is 32.2. The maximum atomic E-state index is 12.5. The molecule has 1 N–H and O–H groups in total. The molecule has 0 bridgehead atoms. The summed E-state index contributed by atoms with van der Waals surface area (Å²) >= 11 is 0. The van der Waals surface area contributed by atoms with E-state index in [0.717, 1.165) is 23.3 Å². The van der Waals surface area contributed by atoms with Crippen molar-refractivity contribution >= 4 is 27.1 Å². The summed E-state index contributed by atoms with van der Waals surface area (Å²) in [7, 11) is -2.72. The molecule has 2 aromatic heterocycles. The maximum Gasteiger partial charge on any atom is 0.321 e. The third-order valence-electron chi connectivity index (χ3n) is 3.88. The molecule has 0 amide bonds. The number of hydrogen-bond acceptors (Lipinski definition) is 6. The molecular weight excluding hydrogens is 310 g/mol. The van der Waals surface area contributed by atoms with E-state index in [2.05, 4.69) is 10.1 Å². The van der Waals surface area contributed by atoms with Crippen LogP contribution in [0.3, 0.4) is 0 Å². The third-order valence-corrected chi connectivity index (χ3v) is 5.77. The van der Waals surface area contributed by atoms with Crippen LogP contribution in [0.1, 0.15) is 31.4 Å². The molecule has 0 aromatic carbocycles. The van der Waals surface area contributed by atoms with Gasteiger partial charge in [0.25, 0.3) is 5.71 Å². The number of carboxylic acid groups (broad SMARTS) is 1. The van der Waals surface area contributed by atoms with Crippen molar-refractivity contribution in [2.24, 2.45) is 0 Å². The highest BCUT2D eigenvalue weighted by Gasteiger charge is 2.33. The lowest BCUT2D eigenvalue weighted by atomic mass is 10.2. The van der Waals surface area contributed by atoms with Gasteiger partial charge in [-0.05, 0) is 25.8 Å². The topological polar surface area (TPSA) is 114 Å². The molecule has 0 radical (unpaired) electrons. The highest BCUT2D eigenvalue weighted by molar-refractivity contribution is 7.89. The minimum absolute atomic E-state index is 0.0688. The van der Waals surface area contributed by atoms with E-state index >= 15 is 0 Å². The minimum Gasteiger partial charge on any atom is -0.480 e. The molecule has 1 aliphatic carbocycles. The summed E-state index contributed by atoms with van der Waals surface area (Å²) in [5, 5.41) is 13.5. The van der Waals surface area contributed by atoms with Crippen molar-refractivity contribution in [3.63, 3.8) is 0 Å². The van der Waals surface area contributed by atoms with Crippen LogP contribution in [-0.4, -0.2) is 47.0 Å². The molecule has 1 fully saturated rings. The van der Waals surface area contributed by atoms with E-state index in [-0.39, 0.29) is 16.5 Å².